The monoisotopic (exact) mass is 378 g/mol. The van der Waals surface area contributed by atoms with Gasteiger partial charge in [-0.25, -0.2) is 0 Å². The molecule has 148 valence electrons. The van der Waals surface area contributed by atoms with Gasteiger partial charge in [0.25, 0.3) is 0 Å². The highest BCUT2D eigenvalue weighted by molar-refractivity contribution is 5.65. The summed E-state index contributed by atoms with van der Waals surface area (Å²) in [5.74, 6) is 2.06. The highest BCUT2D eigenvalue weighted by Gasteiger charge is 2.47. The zero-order valence-electron chi connectivity index (χ0n) is 16.3. The molecule has 4 atom stereocenters. The van der Waals surface area contributed by atoms with Crippen molar-refractivity contribution in [2.45, 2.75) is 43.9 Å². The van der Waals surface area contributed by atoms with E-state index in [2.05, 4.69) is 5.92 Å². The van der Waals surface area contributed by atoms with Crippen LogP contribution in [-0.4, -0.2) is 58.5 Å². The lowest BCUT2D eigenvalue weighted by molar-refractivity contribution is -0.173. The number of benzene rings is 1. The van der Waals surface area contributed by atoms with Gasteiger partial charge in [0.2, 0.25) is 0 Å². The molecular weight excluding hydrogens is 352 g/mol. The van der Waals surface area contributed by atoms with E-state index in [1.54, 1.807) is 39.2 Å². The Morgan fingerprint density at radius 3 is 2.48 bits per heavy atom. The zero-order chi connectivity index (χ0) is 20.0. The second-order valence-electron chi connectivity index (χ2n) is 6.50. The fraction of sp³-hybridized carbons (Fsp3) is 0.550. The van der Waals surface area contributed by atoms with E-state index in [0.717, 1.165) is 6.29 Å². The maximum atomic E-state index is 12.0. The molecule has 7 heteroatoms. The number of aldehydes is 1. The molecule has 7 nitrogen and oxygen atoms in total. The summed E-state index contributed by atoms with van der Waals surface area (Å²) in [6, 6.07) is 5.23. The van der Waals surface area contributed by atoms with Crippen LogP contribution in [0.4, 0.5) is 0 Å². The Bertz CT molecular complexity index is 679. The summed E-state index contributed by atoms with van der Waals surface area (Å²) in [4.78, 5) is 12.0. The van der Waals surface area contributed by atoms with E-state index in [-0.39, 0.29) is 6.79 Å². The fourth-order valence-electron chi connectivity index (χ4n) is 3.11. The highest BCUT2D eigenvalue weighted by atomic mass is 16.8. The molecule has 1 saturated heterocycles. The van der Waals surface area contributed by atoms with Gasteiger partial charge >= 0.3 is 0 Å². The average molecular weight is 378 g/mol. The molecule has 0 N–H and O–H groups in total. The van der Waals surface area contributed by atoms with Crippen LogP contribution in [0.25, 0.3) is 0 Å². The molecule has 1 aromatic rings. The number of ether oxygens (including phenoxy) is 6. The summed E-state index contributed by atoms with van der Waals surface area (Å²) in [5.41, 5.74) is 0.674. The summed E-state index contributed by atoms with van der Waals surface area (Å²) in [7, 11) is 4.57. The zero-order valence-corrected chi connectivity index (χ0v) is 16.3. The van der Waals surface area contributed by atoms with E-state index in [9.17, 15) is 4.79 Å². The van der Waals surface area contributed by atoms with Crippen LogP contribution in [0.5, 0.6) is 11.5 Å². The third-order valence-electron chi connectivity index (χ3n) is 4.29. The second kappa shape index (κ2) is 9.20. The van der Waals surface area contributed by atoms with E-state index < -0.39 is 30.0 Å². The molecule has 27 heavy (non-hydrogen) atoms. The van der Waals surface area contributed by atoms with E-state index in [1.807, 2.05) is 0 Å². The van der Waals surface area contributed by atoms with E-state index >= 15 is 0 Å². The number of hydrogen-bond acceptors (Lipinski definition) is 7. The van der Waals surface area contributed by atoms with Crippen LogP contribution < -0.4 is 9.47 Å². The minimum absolute atomic E-state index is 0.0279. The molecule has 0 radical (unpaired) electrons. The van der Waals surface area contributed by atoms with E-state index in [1.165, 1.54) is 14.2 Å². The van der Waals surface area contributed by atoms with Crippen LogP contribution >= 0.6 is 0 Å². The van der Waals surface area contributed by atoms with Gasteiger partial charge in [-0.2, -0.15) is 0 Å². The Labute approximate surface area is 159 Å². The molecule has 0 aromatic heterocycles. The molecule has 0 bridgehead atoms. The first-order valence-electron chi connectivity index (χ1n) is 8.50. The molecule has 0 aliphatic carbocycles. The number of terminal acetylenes is 1. The van der Waals surface area contributed by atoms with Crippen LogP contribution in [0.15, 0.2) is 18.2 Å². The molecular formula is C20H26O7. The van der Waals surface area contributed by atoms with Gasteiger partial charge in [-0.15, -0.1) is 6.42 Å². The normalized spacial score (nSPS) is 23.3. The summed E-state index contributed by atoms with van der Waals surface area (Å²) in [6.45, 7) is 3.49. The van der Waals surface area contributed by atoms with Crippen molar-refractivity contribution < 1.29 is 33.2 Å². The van der Waals surface area contributed by atoms with Crippen LogP contribution in [0.3, 0.4) is 0 Å². The van der Waals surface area contributed by atoms with Gasteiger partial charge in [0.05, 0.1) is 20.1 Å². The standard InChI is InChI=1S/C20H26O7/c1-7-15-19(27-20(2,3)26-15)18(25-12-22-4)14(11-21)13-8-9-16(23-5)17(10-13)24-6/h1,8-11,14-15,18-19H,12H2,2-6H3/t14-,15-,18+,19+/m1/s1. The van der Waals surface area contributed by atoms with Gasteiger partial charge in [-0.05, 0) is 31.5 Å². The van der Waals surface area contributed by atoms with Crippen molar-refractivity contribution in [1.29, 1.82) is 0 Å². The van der Waals surface area contributed by atoms with Gasteiger partial charge in [0.15, 0.2) is 17.3 Å². The smallest absolute Gasteiger partial charge is 0.165 e. The average Bonchev–Trinajstić information content (AvgIpc) is 2.99. The number of carbonyl (C=O) groups excluding carboxylic acids is 1. The van der Waals surface area contributed by atoms with E-state index in [4.69, 9.17) is 34.8 Å². The molecule has 0 saturated carbocycles. The molecule has 1 heterocycles. The van der Waals surface area contributed by atoms with Gasteiger partial charge in [-0.1, -0.05) is 12.0 Å². The lowest BCUT2D eigenvalue weighted by atomic mass is 9.89. The Kier molecular flexibility index (Phi) is 7.22. The first kappa shape index (κ1) is 21.2. The molecule has 1 fully saturated rings. The lowest BCUT2D eigenvalue weighted by Crippen LogP contribution is -2.42. The number of methoxy groups -OCH3 is 3. The largest absolute Gasteiger partial charge is 0.493 e. The predicted molar refractivity (Wildman–Crippen MR) is 97.8 cm³/mol. The van der Waals surface area contributed by atoms with Crippen molar-refractivity contribution in [3.05, 3.63) is 23.8 Å². The minimum Gasteiger partial charge on any atom is -0.493 e. The van der Waals surface area contributed by atoms with Gasteiger partial charge in [-0.3, -0.25) is 0 Å². The SMILES string of the molecule is C#C[C@H]1OC(C)(C)O[C@@H]1[C@@H](OCOC)[C@H](C=O)c1ccc(OC)c(OC)c1. The minimum atomic E-state index is -0.887. The summed E-state index contributed by atoms with van der Waals surface area (Å²) >= 11 is 0. The maximum Gasteiger partial charge on any atom is 0.165 e. The summed E-state index contributed by atoms with van der Waals surface area (Å²) in [6.07, 6.45) is 4.37. The van der Waals surface area contributed by atoms with Crippen molar-refractivity contribution >= 4 is 6.29 Å². The first-order chi connectivity index (χ1) is 12.9. The number of carbonyl (C=O) groups is 1. The predicted octanol–water partition coefficient (Wildman–Crippen LogP) is 2.13. The topological polar surface area (TPSA) is 72.5 Å². The van der Waals surface area contributed by atoms with Crippen LogP contribution in [0.2, 0.25) is 0 Å². The molecule has 2 rings (SSSR count). The molecule has 1 aliphatic rings. The van der Waals surface area contributed by atoms with Crippen molar-refractivity contribution in [2.24, 2.45) is 0 Å². The number of rotatable bonds is 9. The van der Waals surface area contributed by atoms with Gasteiger partial charge < -0.3 is 33.2 Å². The number of hydrogen-bond donors (Lipinski definition) is 0. The van der Waals surface area contributed by atoms with Crippen molar-refractivity contribution in [2.75, 3.05) is 28.1 Å². The second-order valence-corrected chi connectivity index (χ2v) is 6.50. The Morgan fingerprint density at radius 2 is 1.93 bits per heavy atom. The Balaban J connectivity index is 2.41. The van der Waals surface area contributed by atoms with Crippen molar-refractivity contribution in [1.82, 2.24) is 0 Å². The first-order valence-corrected chi connectivity index (χ1v) is 8.50. The van der Waals surface area contributed by atoms with Gasteiger partial charge in [0, 0.05) is 7.11 Å². The van der Waals surface area contributed by atoms with Crippen LogP contribution in [-0.2, 0) is 23.7 Å². The third kappa shape index (κ3) is 4.79. The Hall–Kier alpha value is -2.11. The molecule has 0 unspecified atom stereocenters. The Morgan fingerprint density at radius 1 is 1.22 bits per heavy atom. The fourth-order valence-corrected chi connectivity index (χ4v) is 3.11. The van der Waals surface area contributed by atoms with Gasteiger partial charge in [0.1, 0.15) is 31.4 Å². The summed E-state index contributed by atoms with van der Waals surface area (Å²) in [5, 5.41) is 0. The van der Waals surface area contributed by atoms with Crippen LogP contribution in [0, 0.1) is 12.3 Å². The molecule has 1 aliphatic heterocycles. The quantitative estimate of drug-likeness (QED) is 0.370. The molecule has 0 amide bonds. The summed E-state index contributed by atoms with van der Waals surface area (Å²) < 4.78 is 33.1. The maximum absolute atomic E-state index is 12.0. The van der Waals surface area contributed by atoms with Crippen molar-refractivity contribution in [3.8, 4) is 23.8 Å². The molecule has 1 aromatic carbocycles. The van der Waals surface area contributed by atoms with Crippen LogP contribution in [0.1, 0.15) is 25.3 Å². The third-order valence-corrected chi connectivity index (χ3v) is 4.29. The molecule has 0 spiro atoms. The van der Waals surface area contributed by atoms with Crippen molar-refractivity contribution in [3.63, 3.8) is 0 Å². The lowest BCUT2D eigenvalue weighted by Gasteiger charge is -2.29. The van der Waals surface area contributed by atoms with E-state index in [0.29, 0.717) is 17.1 Å². The highest BCUT2D eigenvalue weighted by Crippen LogP contribution is 2.37.